The molecule has 6 heteroatoms. The SMILES string of the molecule is O=C(NC1[C@H]2CN(Cc3ccccc3)C[C@@H]12)c1cn[nH]c(=O)c1. The van der Waals surface area contributed by atoms with Crippen LogP contribution in [0.25, 0.3) is 0 Å². The van der Waals surface area contributed by atoms with Gasteiger partial charge in [-0.1, -0.05) is 30.3 Å². The molecule has 6 nitrogen and oxygen atoms in total. The quantitative estimate of drug-likeness (QED) is 0.868. The molecule has 2 aromatic rings. The van der Waals surface area contributed by atoms with Crippen LogP contribution in [0.15, 0.2) is 47.4 Å². The van der Waals surface area contributed by atoms with E-state index < -0.39 is 0 Å². The van der Waals surface area contributed by atoms with Gasteiger partial charge in [0.25, 0.3) is 11.5 Å². The molecule has 4 rings (SSSR count). The van der Waals surface area contributed by atoms with Gasteiger partial charge >= 0.3 is 0 Å². The first kappa shape index (κ1) is 14.1. The van der Waals surface area contributed by atoms with Gasteiger partial charge in [0.1, 0.15) is 0 Å². The topological polar surface area (TPSA) is 78.1 Å². The van der Waals surface area contributed by atoms with Gasteiger partial charge < -0.3 is 5.32 Å². The van der Waals surface area contributed by atoms with Crippen LogP contribution in [0, 0.1) is 11.8 Å². The van der Waals surface area contributed by atoms with E-state index in [-0.39, 0.29) is 17.5 Å². The van der Waals surface area contributed by atoms with Gasteiger partial charge in [0.2, 0.25) is 0 Å². The van der Waals surface area contributed by atoms with Crippen LogP contribution in [0.5, 0.6) is 0 Å². The molecular weight excluding hydrogens is 292 g/mol. The number of carbonyl (C=O) groups excluding carboxylic acids is 1. The number of likely N-dealkylation sites (tertiary alicyclic amines) is 1. The highest BCUT2D eigenvalue weighted by molar-refractivity contribution is 5.94. The summed E-state index contributed by atoms with van der Waals surface area (Å²) < 4.78 is 0. The molecule has 1 amide bonds. The number of nitrogens with one attached hydrogen (secondary N) is 2. The Morgan fingerprint density at radius 1 is 1.26 bits per heavy atom. The van der Waals surface area contributed by atoms with Crippen LogP contribution < -0.4 is 10.9 Å². The summed E-state index contributed by atoms with van der Waals surface area (Å²) in [6.07, 6.45) is 1.39. The van der Waals surface area contributed by atoms with Crippen LogP contribution in [0.3, 0.4) is 0 Å². The maximum Gasteiger partial charge on any atom is 0.264 e. The third kappa shape index (κ3) is 2.90. The predicted octanol–water partition coefficient (Wildman–Crippen LogP) is 0.630. The van der Waals surface area contributed by atoms with Gasteiger partial charge in [-0.05, 0) is 17.4 Å². The summed E-state index contributed by atoms with van der Waals surface area (Å²) >= 11 is 0. The van der Waals surface area contributed by atoms with E-state index >= 15 is 0 Å². The van der Waals surface area contributed by atoms with Crippen molar-refractivity contribution in [3.8, 4) is 0 Å². The second-order valence-corrected chi connectivity index (χ2v) is 6.34. The van der Waals surface area contributed by atoms with Crippen LogP contribution in [0.1, 0.15) is 15.9 Å². The first-order chi connectivity index (χ1) is 11.2. The highest BCUT2D eigenvalue weighted by atomic mass is 16.2. The monoisotopic (exact) mass is 310 g/mol. The van der Waals surface area contributed by atoms with Gasteiger partial charge in [0.05, 0.1) is 11.8 Å². The molecule has 1 aliphatic carbocycles. The number of H-pyrrole nitrogens is 1. The summed E-state index contributed by atoms with van der Waals surface area (Å²) in [6, 6.07) is 11.9. The zero-order valence-electron chi connectivity index (χ0n) is 12.6. The van der Waals surface area contributed by atoms with Crippen molar-refractivity contribution in [2.75, 3.05) is 13.1 Å². The van der Waals surface area contributed by atoms with Gasteiger partial charge in [0, 0.05) is 31.7 Å². The minimum absolute atomic E-state index is 0.211. The van der Waals surface area contributed by atoms with Crippen LogP contribution in [0.4, 0.5) is 0 Å². The van der Waals surface area contributed by atoms with Gasteiger partial charge in [-0.3, -0.25) is 14.5 Å². The first-order valence-corrected chi connectivity index (χ1v) is 7.82. The maximum atomic E-state index is 12.1. The molecule has 0 spiro atoms. The van der Waals surface area contributed by atoms with E-state index in [1.165, 1.54) is 17.8 Å². The maximum absolute atomic E-state index is 12.1. The molecule has 1 aliphatic heterocycles. The van der Waals surface area contributed by atoms with Gasteiger partial charge in [-0.25, -0.2) is 5.10 Å². The number of hydrogen-bond donors (Lipinski definition) is 2. The number of piperidine rings is 1. The van der Waals surface area contributed by atoms with Crippen molar-refractivity contribution in [2.45, 2.75) is 12.6 Å². The minimum Gasteiger partial charge on any atom is -0.349 e. The molecule has 1 saturated carbocycles. The lowest BCUT2D eigenvalue weighted by Crippen LogP contribution is -2.34. The number of amides is 1. The Bertz CT molecular complexity index is 761. The number of benzene rings is 1. The summed E-state index contributed by atoms with van der Waals surface area (Å²) in [5.74, 6) is 0.841. The number of carbonyl (C=O) groups is 1. The predicted molar refractivity (Wildman–Crippen MR) is 84.8 cm³/mol. The third-order valence-electron chi connectivity index (χ3n) is 4.74. The van der Waals surface area contributed by atoms with Crippen molar-refractivity contribution in [1.29, 1.82) is 0 Å². The van der Waals surface area contributed by atoms with Crippen LogP contribution in [0.2, 0.25) is 0 Å². The lowest BCUT2D eigenvalue weighted by atomic mass is 10.2. The molecule has 2 heterocycles. The van der Waals surface area contributed by atoms with Crippen molar-refractivity contribution >= 4 is 5.91 Å². The molecule has 2 aliphatic rings. The van der Waals surface area contributed by atoms with Crippen LogP contribution >= 0.6 is 0 Å². The molecule has 3 atom stereocenters. The summed E-state index contributed by atoms with van der Waals surface area (Å²) in [6.45, 7) is 2.99. The van der Waals surface area contributed by atoms with Crippen molar-refractivity contribution in [3.05, 3.63) is 64.1 Å². The van der Waals surface area contributed by atoms with E-state index in [0.29, 0.717) is 17.4 Å². The normalized spacial score (nSPS) is 25.8. The van der Waals surface area contributed by atoms with E-state index in [4.69, 9.17) is 0 Å². The Morgan fingerprint density at radius 2 is 2.00 bits per heavy atom. The highest BCUT2D eigenvalue weighted by Crippen LogP contribution is 2.45. The molecule has 1 unspecified atom stereocenters. The number of aromatic amines is 1. The van der Waals surface area contributed by atoms with E-state index in [0.717, 1.165) is 19.6 Å². The Labute approximate surface area is 133 Å². The van der Waals surface area contributed by atoms with E-state index in [2.05, 4.69) is 44.7 Å². The number of nitrogens with zero attached hydrogens (tertiary/aromatic N) is 2. The lowest BCUT2D eigenvalue weighted by molar-refractivity contribution is 0.0942. The van der Waals surface area contributed by atoms with Gasteiger partial charge in [-0.15, -0.1) is 0 Å². The fourth-order valence-electron chi connectivity index (χ4n) is 3.53. The largest absolute Gasteiger partial charge is 0.349 e. The molecule has 2 N–H and O–H groups in total. The molecule has 0 bridgehead atoms. The average Bonchev–Trinajstić information content (AvgIpc) is 3.00. The molecule has 1 aromatic heterocycles. The molecule has 23 heavy (non-hydrogen) atoms. The lowest BCUT2D eigenvalue weighted by Gasteiger charge is -2.19. The Kier molecular flexibility index (Phi) is 3.46. The van der Waals surface area contributed by atoms with Crippen molar-refractivity contribution in [3.63, 3.8) is 0 Å². The van der Waals surface area contributed by atoms with Crippen molar-refractivity contribution in [2.24, 2.45) is 11.8 Å². The fourth-order valence-corrected chi connectivity index (χ4v) is 3.53. The number of fused-ring (bicyclic) bond motifs is 1. The molecule has 118 valence electrons. The molecule has 2 fully saturated rings. The Balaban J connectivity index is 1.31. The summed E-state index contributed by atoms with van der Waals surface area (Å²) in [7, 11) is 0. The third-order valence-corrected chi connectivity index (χ3v) is 4.74. The minimum atomic E-state index is -0.359. The standard InChI is InChI=1S/C17H18N4O2/c22-15-6-12(7-18-20-15)17(23)19-16-13-9-21(10-14(13)16)8-11-4-2-1-3-5-11/h1-7,13-14,16H,8-10H2,(H,19,23)(H,20,22)/t13-,14+,16?. The zero-order valence-corrected chi connectivity index (χ0v) is 12.6. The second-order valence-electron chi connectivity index (χ2n) is 6.34. The van der Waals surface area contributed by atoms with E-state index in [1.807, 2.05) is 6.07 Å². The molecule has 1 aromatic carbocycles. The van der Waals surface area contributed by atoms with Gasteiger partial charge in [-0.2, -0.15) is 5.10 Å². The molecular formula is C17H18N4O2. The van der Waals surface area contributed by atoms with Gasteiger partial charge in [0.15, 0.2) is 0 Å². The molecule has 0 radical (unpaired) electrons. The number of rotatable bonds is 4. The van der Waals surface area contributed by atoms with Crippen LogP contribution in [-0.2, 0) is 6.54 Å². The smallest absolute Gasteiger partial charge is 0.264 e. The fraction of sp³-hybridized carbons (Fsp3) is 0.353. The Morgan fingerprint density at radius 3 is 2.70 bits per heavy atom. The number of aromatic nitrogens is 2. The molecule has 1 saturated heterocycles. The number of hydrogen-bond acceptors (Lipinski definition) is 4. The van der Waals surface area contributed by atoms with Crippen molar-refractivity contribution < 1.29 is 4.79 Å². The summed E-state index contributed by atoms with van der Waals surface area (Å²) in [5.41, 5.74) is 1.28. The highest BCUT2D eigenvalue weighted by Gasteiger charge is 2.56. The first-order valence-electron chi connectivity index (χ1n) is 7.82. The zero-order chi connectivity index (χ0) is 15.8. The second kappa shape index (κ2) is 5.62. The van der Waals surface area contributed by atoms with Crippen molar-refractivity contribution in [1.82, 2.24) is 20.4 Å². The average molecular weight is 310 g/mol. The summed E-state index contributed by atoms with van der Waals surface area (Å²) in [4.78, 5) is 25.8. The Hall–Kier alpha value is -2.47. The van der Waals surface area contributed by atoms with Crippen LogP contribution in [-0.4, -0.2) is 40.1 Å². The summed E-state index contributed by atoms with van der Waals surface area (Å²) in [5, 5.41) is 8.96. The van der Waals surface area contributed by atoms with E-state index in [9.17, 15) is 9.59 Å². The van der Waals surface area contributed by atoms with E-state index in [1.54, 1.807) is 0 Å².